The highest BCUT2D eigenvalue weighted by atomic mass is 32.2. The summed E-state index contributed by atoms with van der Waals surface area (Å²) in [5.74, 6) is 0.278. The highest BCUT2D eigenvalue weighted by Gasteiger charge is 2.14. The van der Waals surface area contributed by atoms with Gasteiger partial charge in [0.2, 0.25) is 0 Å². The van der Waals surface area contributed by atoms with Crippen molar-refractivity contribution in [2.24, 2.45) is 0 Å². The molecule has 1 unspecified atom stereocenters. The molecule has 0 fully saturated rings. The first-order valence-electron chi connectivity index (χ1n) is 6.09. The van der Waals surface area contributed by atoms with Crippen LogP contribution in [0.25, 0.3) is 0 Å². The van der Waals surface area contributed by atoms with Gasteiger partial charge in [0.1, 0.15) is 5.75 Å². The minimum Gasteiger partial charge on any atom is -0.481 e. The van der Waals surface area contributed by atoms with Crippen LogP contribution in [0.4, 0.5) is 0 Å². The number of carbonyl (C=O) groups excluding carboxylic acids is 1. The van der Waals surface area contributed by atoms with Gasteiger partial charge in [-0.15, -0.1) is 0 Å². The fourth-order valence-electron chi connectivity index (χ4n) is 1.41. The van der Waals surface area contributed by atoms with Crippen molar-refractivity contribution in [3.8, 4) is 5.75 Å². The van der Waals surface area contributed by atoms with Gasteiger partial charge in [0.25, 0.3) is 5.91 Å². The van der Waals surface area contributed by atoms with E-state index in [0.29, 0.717) is 12.3 Å². The molecular formula is C13H19NO4S. The summed E-state index contributed by atoms with van der Waals surface area (Å²) >= 11 is 0. The van der Waals surface area contributed by atoms with Gasteiger partial charge in [0.05, 0.1) is 4.90 Å². The molecule has 106 valence electrons. The first kappa shape index (κ1) is 15.5. The van der Waals surface area contributed by atoms with Crippen molar-refractivity contribution in [1.82, 2.24) is 5.32 Å². The molecule has 1 atom stereocenters. The standard InChI is InChI=1S/C13H19NO4S/c1-4-9-14-13(15)10(2)18-11-5-7-12(8-6-11)19(3,16)17/h5-8,10H,4,9H2,1-3H3,(H,14,15). The zero-order valence-corrected chi connectivity index (χ0v) is 12.2. The van der Waals surface area contributed by atoms with E-state index in [1.54, 1.807) is 19.1 Å². The van der Waals surface area contributed by atoms with Gasteiger partial charge < -0.3 is 10.1 Å². The number of rotatable bonds is 6. The molecule has 1 rings (SSSR count). The smallest absolute Gasteiger partial charge is 0.260 e. The molecule has 1 aromatic rings. The summed E-state index contributed by atoms with van der Waals surface area (Å²) in [5.41, 5.74) is 0. The van der Waals surface area contributed by atoms with E-state index in [9.17, 15) is 13.2 Å². The van der Waals surface area contributed by atoms with Crippen LogP contribution in [0.2, 0.25) is 0 Å². The van der Waals surface area contributed by atoms with Crippen LogP contribution in [-0.2, 0) is 14.6 Å². The Morgan fingerprint density at radius 3 is 2.37 bits per heavy atom. The first-order valence-corrected chi connectivity index (χ1v) is 7.98. The lowest BCUT2D eigenvalue weighted by atomic mass is 10.3. The van der Waals surface area contributed by atoms with E-state index in [2.05, 4.69) is 5.32 Å². The predicted octanol–water partition coefficient (Wildman–Crippen LogP) is 1.38. The number of ether oxygens (including phenoxy) is 1. The molecule has 0 spiro atoms. The third-order valence-corrected chi connectivity index (χ3v) is 3.61. The largest absolute Gasteiger partial charge is 0.481 e. The van der Waals surface area contributed by atoms with Crippen molar-refractivity contribution in [3.63, 3.8) is 0 Å². The first-order chi connectivity index (χ1) is 8.84. The van der Waals surface area contributed by atoms with Crippen LogP contribution >= 0.6 is 0 Å². The van der Waals surface area contributed by atoms with E-state index in [-0.39, 0.29) is 10.8 Å². The summed E-state index contributed by atoms with van der Waals surface area (Å²) in [6, 6.07) is 6.00. The Bertz CT molecular complexity index is 522. The lowest BCUT2D eigenvalue weighted by Crippen LogP contribution is -2.36. The van der Waals surface area contributed by atoms with Crippen LogP contribution in [0.5, 0.6) is 5.75 Å². The van der Waals surface area contributed by atoms with Gasteiger partial charge in [-0.05, 0) is 37.6 Å². The highest BCUT2D eigenvalue weighted by molar-refractivity contribution is 7.90. The topological polar surface area (TPSA) is 72.5 Å². The summed E-state index contributed by atoms with van der Waals surface area (Å²) in [6.45, 7) is 4.23. The van der Waals surface area contributed by atoms with Gasteiger partial charge in [0.15, 0.2) is 15.9 Å². The molecule has 0 heterocycles. The molecule has 0 radical (unpaired) electrons. The van der Waals surface area contributed by atoms with Crippen molar-refractivity contribution >= 4 is 15.7 Å². The second kappa shape index (κ2) is 6.56. The molecular weight excluding hydrogens is 266 g/mol. The second-order valence-corrected chi connectivity index (χ2v) is 6.31. The van der Waals surface area contributed by atoms with Gasteiger partial charge in [-0.3, -0.25) is 4.79 Å². The maximum atomic E-state index is 11.6. The lowest BCUT2D eigenvalue weighted by molar-refractivity contribution is -0.127. The molecule has 0 saturated carbocycles. The van der Waals surface area contributed by atoms with Crippen LogP contribution in [-0.4, -0.2) is 33.2 Å². The second-order valence-electron chi connectivity index (χ2n) is 4.29. The van der Waals surface area contributed by atoms with Crippen molar-refractivity contribution in [1.29, 1.82) is 0 Å². The van der Waals surface area contributed by atoms with E-state index in [1.807, 2.05) is 6.92 Å². The number of benzene rings is 1. The van der Waals surface area contributed by atoms with Crippen molar-refractivity contribution in [3.05, 3.63) is 24.3 Å². The molecule has 0 aromatic heterocycles. The van der Waals surface area contributed by atoms with Gasteiger partial charge in [-0.2, -0.15) is 0 Å². The normalized spacial score (nSPS) is 12.8. The van der Waals surface area contributed by atoms with Gasteiger partial charge in [0, 0.05) is 12.8 Å². The molecule has 0 saturated heterocycles. The van der Waals surface area contributed by atoms with Gasteiger partial charge in [-0.1, -0.05) is 6.92 Å². The molecule has 5 nitrogen and oxygen atoms in total. The van der Waals surface area contributed by atoms with E-state index >= 15 is 0 Å². The zero-order valence-electron chi connectivity index (χ0n) is 11.3. The molecule has 0 aliphatic carbocycles. The summed E-state index contributed by atoms with van der Waals surface area (Å²) < 4.78 is 28.0. The van der Waals surface area contributed by atoms with Crippen LogP contribution in [0, 0.1) is 0 Å². The predicted molar refractivity (Wildman–Crippen MR) is 72.9 cm³/mol. The molecule has 1 aromatic carbocycles. The van der Waals surface area contributed by atoms with Crippen LogP contribution in [0.3, 0.4) is 0 Å². The minimum atomic E-state index is -3.21. The lowest BCUT2D eigenvalue weighted by Gasteiger charge is -2.14. The number of hydrogen-bond acceptors (Lipinski definition) is 4. The summed E-state index contributed by atoms with van der Waals surface area (Å²) in [5, 5.41) is 2.73. The molecule has 0 aliphatic heterocycles. The SMILES string of the molecule is CCCNC(=O)C(C)Oc1ccc(S(C)(=O)=O)cc1. The van der Waals surface area contributed by atoms with Crippen molar-refractivity contribution < 1.29 is 17.9 Å². The van der Waals surface area contributed by atoms with Crippen LogP contribution < -0.4 is 10.1 Å². The van der Waals surface area contributed by atoms with E-state index < -0.39 is 15.9 Å². The van der Waals surface area contributed by atoms with Crippen molar-refractivity contribution in [2.45, 2.75) is 31.3 Å². The fourth-order valence-corrected chi connectivity index (χ4v) is 2.05. The number of hydrogen-bond donors (Lipinski definition) is 1. The maximum absolute atomic E-state index is 11.6. The van der Waals surface area contributed by atoms with Crippen LogP contribution in [0.15, 0.2) is 29.2 Å². The number of carbonyl (C=O) groups is 1. The van der Waals surface area contributed by atoms with Crippen molar-refractivity contribution in [2.75, 3.05) is 12.8 Å². The summed E-state index contributed by atoms with van der Waals surface area (Å²) in [7, 11) is -3.21. The Kier molecular flexibility index (Phi) is 5.35. The number of sulfone groups is 1. The van der Waals surface area contributed by atoms with E-state index in [1.165, 1.54) is 12.1 Å². The molecule has 19 heavy (non-hydrogen) atoms. The third kappa shape index (κ3) is 4.90. The average Bonchev–Trinajstić information content (AvgIpc) is 2.35. The molecule has 1 amide bonds. The molecule has 6 heteroatoms. The Hall–Kier alpha value is -1.56. The Morgan fingerprint density at radius 2 is 1.89 bits per heavy atom. The monoisotopic (exact) mass is 285 g/mol. The summed E-state index contributed by atoms with van der Waals surface area (Å²) in [4.78, 5) is 11.8. The van der Waals surface area contributed by atoms with Crippen LogP contribution in [0.1, 0.15) is 20.3 Å². The minimum absolute atomic E-state index is 0.186. The number of amides is 1. The maximum Gasteiger partial charge on any atom is 0.260 e. The third-order valence-electron chi connectivity index (χ3n) is 2.48. The fraction of sp³-hybridized carbons (Fsp3) is 0.462. The zero-order chi connectivity index (χ0) is 14.5. The van der Waals surface area contributed by atoms with E-state index in [4.69, 9.17) is 4.74 Å². The molecule has 0 aliphatic rings. The Morgan fingerprint density at radius 1 is 1.32 bits per heavy atom. The Labute approximate surface area is 113 Å². The highest BCUT2D eigenvalue weighted by Crippen LogP contribution is 2.17. The van der Waals surface area contributed by atoms with Gasteiger partial charge >= 0.3 is 0 Å². The summed E-state index contributed by atoms with van der Waals surface area (Å²) in [6.07, 6.45) is 1.39. The van der Waals surface area contributed by atoms with Gasteiger partial charge in [-0.25, -0.2) is 8.42 Å². The quantitative estimate of drug-likeness (QED) is 0.857. The average molecular weight is 285 g/mol. The van der Waals surface area contributed by atoms with E-state index in [0.717, 1.165) is 12.7 Å². The molecule has 1 N–H and O–H groups in total. The molecule has 0 bridgehead atoms. The Balaban J connectivity index is 2.65. The number of nitrogens with one attached hydrogen (secondary N) is 1.